The molecule has 7 nitrogen and oxygen atoms in total. The van der Waals surface area contributed by atoms with E-state index in [1.165, 1.54) is 28.7 Å². The van der Waals surface area contributed by atoms with Crippen molar-refractivity contribution in [2.75, 3.05) is 16.8 Å². The number of hydrogen-bond acceptors (Lipinski definition) is 6. The van der Waals surface area contributed by atoms with Gasteiger partial charge in [0.05, 0.1) is 28.6 Å². The fourth-order valence-corrected chi connectivity index (χ4v) is 4.53. The summed E-state index contributed by atoms with van der Waals surface area (Å²) in [7, 11) is 0. The lowest BCUT2D eigenvalue weighted by Gasteiger charge is -2.22. The molecule has 0 aliphatic carbocycles. The van der Waals surface area contributed by atoms with Crippen molar-refractivity contribution < 1.29 is 24.9 Å². The standard InChI is InChI=1S/C29H34N2O5/c1-5-19(9-6-8-18(2)12-13-25-29(3,4)36-25)14-15-31-22-16-20(32)17-24(34)27(22)30-26-21(28(31)35)10-7-11-23(26)33/h5,7-8,10-11,14,16-17,25,30,32-34H,1,6,9,12-13,15H2,2-4H3/b18-8+,19-14+. The zero-order valence-corrected chi connectivity index (χ0v) is 21.0. The van der Waals surface area contributed by atoms with Crippen LogP contribution in [0.2, 0.25) is 0 Å². The number of para-hydroxylation sites is 1. The highest BCUT2D eigenvalue weighted by molar-refractivity contribution is 6.15. The van der Waals surface area contributed by atoms with E-state index >= 15 is 0 Å². The molecule has 1 unspecified atom stereocenters. The Balaban J connectivity index is 1.51. The van der Waals surface area contributed by atoms with Crippen LogP contribution in [0.1, 0.15) is 56.8 Å². The summed E-state index contributed by atoms with van der Waals surface area (Å²) < 4.78 is 5.66. The van der Waals surface area contributed by atoms with Crippen molar-refractivity contribution in [2.45, 2.75) is 58.2 Å². The molecule has 2 aromatic rings. The highest BCUT2D eigenvalue weighted by Crippen LogP contribution is 2.45. The van der Waals surface area contributed by atoms with E-state index in [0.29, 0.717) is 11.8 Å². The number of carbonyl (C=O) groups is 1. The van der Waals surface area contributed by atoms with E-state index in [1.807, 2.05) is 6.08 Å². The van der Waals surface area contributed by atoms with Gasteiger partial charge in [-0.15, -0.1) is 0 Å². The maximum atomic E-state index is 13.5. The first-order chi connectivity index (χ1) is 17.1. The van der Waals surface area contributed by atoms with Crippen molar-refractivity contribution in [2.24, 2.45) is 0 Å². The predicted octanol–water partition coefficient (Wildman–Crippen LogP) is 6.30. The van der Waals surface area contributed by atoms with Gasteiger partial charge in [0.2, 0.25) is 0 Å². The molecule has 0 bridgehead atoms. The summed E-state index contributed by atoms with van der Waals surface area (Å²) >= 11 is 0. The number of epoxide rings is 1. The molecule has 2 aliphatic heterocycles. The van der Waals surface area contributed by atoms with Crippen molar-refractivity contribution in [3.05, 3.63) is 71.8 Å². The van der Waals surface area contributed by atoms with Crippen LogP contribution in [0.15, 0.2) is 66.3 Å². The molecule has 2 heterocycles. The second-order valence-electron chi connectivity index (χ2n) is 9.92. The van der Waals surface area contributed by atoms with E-state index < -0.39 is 0 Å². The van der Waals surface area contributed by atoms with Crippen LogP contribution in [0.5, 0.6) is 17.2 Å². The predicted molar refractivity (Wildman–Crippen MR) is 142 cm³/mol. The first kappa shape index (κ1) is 25.4. The van der Waals surface area contributed by atoms with Crippen LogP contribution in [0.3, 0.4) is 0 Å². The molecule has 7 heteroatoms. The van der Waals surface area contributed by atoms with Gasteiger partial charge in [0.1, 0.15) is 22.9 Å². The van der Waals surface area contributed by atoms with Gasteiger partial charge in [0.25, 0.3) is 5.91 Å². The lowest BCUT2D eigenvalue weighted by molar-refractivity contribution is 0.0991. The van der Waals surface area contributed by atoms with Crippen LogP contribution in [0, 0.1) is 0 Å². The summed E-state index contributed by atoms with van der Waals surface area (Å²) in [5.41, 5.74) is 3.35. The van der Waals surface area contributed by atoms with Gasteiger partial charge in [-0.1, -0.05) is 42.0 Å². The number of phenols is 3. The summed E-state index contributed by atoms with van der Waals surface area (Å²) in [6.07, 6.45) is 9.94. The third-order valence-corrected chi connectivity index (χ3v) is 6.83. The van der Waals surface area contributed by atoms with E-state index in [9.17, 15) is 20.1 Å². The van der Waals surface area contributed by atoms with E-state index in [4.69, 9.17) is 4.74 Å². The fourth-order valence-electron chi connectivity index (χ4n) is 4.53. The summed E-state index contributed by atoms with van der Waals surface area (Å²) in [6, 6.07) is 7.28. The third kappa shape index (κ3) is 5.41. The Labute approximate surface area is 212 Å². The number of amides is 1. The summed E-state index contributed by atoms with van der Waals surface area (Å²) in [5.74, 6) is -0.873. The Morgan fingerprint density at radius 2 is 1.89 bits per heavy atom. The van der Waals surface area contributed by atoms with Crippen LogP contribution in [-0.2, 0) is 4.74 Å². The molecular formula is C29H34N2O5. The first-order valence-electron chi connectivity index (χ1n) is 12.2. The van der Waals surface area contributed by atoms with Crippen molar-refractivity contribution >= 4 is 23.0 Å². The molecule has 1 fully saturated rings. The molecule has 1 amide bonds. The molecule has 4 N–H and O–H groups in total. The van der Waals surface area contributed by atoms with Crippen LogP contribution in [-0.4, -0.2) is 39.5 Å². The molecule has 2 aromatic carbocycles. The normalized spacial score (nSPS) is 18.7. The van der Waals surface area contributed by atoms with Gasteiger partial charge in [0, 0.05) is 18.7 Å². The minimum absolute atomic E-state index is 0.0186. The summed E-state index contributed by atoms with van der Waals surface area (Å²) in [5, 5.41) is 33.9. The molecule has 1 saturated heterocycles. The number of nitrogens with zero attached hydrogens (tertiary/aromatic N) is 1. The van der Waals surface area contributed by atoms with Gasteiger partial charge in [-0.3, -0.25) is 4.79 Å². The van der Waals surface area contributed by atoms with Crippen molar-refractivity contribution in [1.82, 2.24) is 0 Å². The number of ether oxygens (including phenoxy) is 1. The zero-order chi connectivity index (χ0) is 26.0. The lowest BCUT2D eigenvalue weighted by atomic mass is 10.0. The quantitative estimate of drug-likeness (QED) is 0.108. The molecular weight excluding hydrogens is 456 g/mol. The zero-order valence-electron chi connectivity index (χ0n) is 21.0. The van der Waals surface area contributed by atoms with Crippen molar-refractivity contribution in [1.29, 1.82) is 0 Å². The number of allylic oxidation sites excluding steroid dienone is 4. The van der Waals surface area contributed by atoms with Crippen LogP contribution >= 0.6 is 0 Å². The molecule has 1 atom stereocenters. The van der Waals surface area contributed by atoms with Gasteiger partial charge >= 0.3 is 0 Å². The van der Waals surface area contributed by atoms with Gasteiger partial charge in [0.15, 0.2) is 0 Å². The average Bonchev–Trinajstić information content (AvgIpc) is 3.47. The highest BCUT2D eigenvalue weighted by Gasteiger charge is 2.46. The Kier molecular flexibility index (Phi) is 7.13. The number of nitrogens with one attached hydrogen (secondary N) is 1. The maximum absolute atomic E-state index is 13.5. The van der Waals surface area contributed by atoms with Gasteiger partial charge in [-0.05, 0) is 58.6 Å². The minimum atomic E-state index is -0.363. The number of phenolic OH excluding ortho intramolecular Hbond substituents is 3. The van der Waals surface area contributed by atoms with E-state index in [-0.39, 0.29) is 52.2 Å². The molecule has 0 aromatic heterocycles. The second kappa shape index (κ2) is 10.1. The summed E-state index contributed by atoms with van der Waals surface area (Å²) in [4.78, 5) is 15.0. The smallest absolute Gasteiger partial charge is 0.260 e. The number of fused-ring (bicyclic) bond motifs is 2. The topological polar surface area (TPSA) is 106 Å². The van der Waals surface area contributed by atoms with Crippen molar-refractivity contribution in [3.63, 3.8) is 0 Å². The van der Waals surface area contributed by atoms with Crippen LogP contribution < -0.4 is 10.2 Å². The third-order valence-electron chi connectivity index (χ3n) is 6.83. The van der Waals surface area contributed by atoms with E-state index in [0.717, 1.165) is 31.3 Å². The minimum Gasteiger partial charge on any atom is -0.508 e. The van der Waals surface area contributed by atoms with Crippen LogP contribution in [0.25, 0.3) is 0 Å². The molecule has 0 spiro atoms. The average molecular weight is 491 g/mol. The van der Waals surface area contributed by atoms with Gasteiger partial charge in [-0.25, -0.2) is 0 Å². The maximum Gasteiger partial charge on any atom is 0.260 e. The fraction of sp³-hybridized carbons (Fsp3) is 0.345. The lowest BCUT2D eigenvalue weighted by Crippen LogP contribution is -2.30. The number of hydrogen-bond donors (Lipinski definition) is 4. The Bertz CT molecular complexity index is 1240. The van der Waals surface area contributed by atoms with Gasteiger partial charge in [-0.2, -0.15) is 0 Å². The number of carbonyl (C=O) groups excluding carboxylic acids is 1. The molecule has 0 saturated carbocycles. The Hall–Kier alpha value is -3.71. The van der Waals surface area contributed by atoms with Gasteiger partial charge < -0.3 is 30.3 Å². The number of benzene rings is 2. The largest absolute Gasteiger partial charge is 0.508 e. The first-order valence-corrected chi connectivity index (χ1v) is 12.2. The Morgan fingerprint density at radius 1 is 1.14 bits per heavy atom. The van der Waals surface area contributed by atoms with Crippen molar-refractivity contribution in [3.8, 4) is 17.2 Å². The van der Waals surface area contributed by atoms with E-state index in [2.05, 4.69) is 38.7 Å². The molecule has 0 radical (unpaired) electrons. The summed E-state index contributed by atoms with van der Waals surface area (Å²) in [6.45, 7) is 10.5. The Morgan fingerprint density at radius 3 is 2.58 bits per heavy atom. The number of aromatic hydroxyl groups is 3. The molecule has 190 valence electrons. The van der Waals surface area contributed by atoms with E-state index in [1.54, 1.807) is 18.2 Å². The molecule has 4 rings (SSSR count). The number of rotatable bonds is 9. The second-order valence-corrected chi connectivity index (χ2v) is 9.92. The number of anilines is 3. The highest BCUT2D eigenvalue weighted by atomic mass is 16.6. The molecule has 36 heavy (non-hydrogen) atoms. The SMILES string of the molecule is C=C/C(=C\CN1C(=O)c2cccc(O)c2Nc2c(O)cc(O)cc21)CC/C=C(\C)CCC1OC1(C)C. The molecule has 2 aliphatic rings. The van der Waals surface area contributed by atoms with Crippen LogP contribution in [0.4, 0.5) is 17.1 Å². The monoisotopic (exact) mass is 490 g/mol.